The van der Waals surface area contributed by atoms with Crippen molar-refractivity contribution in [1.29, 1.82) is 0 Å². The standard InChI is InChI=1S/C11H24N2O4S/c1-10(2)13(15-3)17-8-7-16-6-5-12-11(14)4-9-18/h10,18H,4-9H2,1-3H3,(H,12,14). The highest BCUT2D eigenvalue weighted by Crippen LogP contribution is 1.98. The van der Waals surface area contributed by atoms with Crippen molar-refractivity contribution in [3.63, 3.8) is 0 Å². The summed E-state index contributed by atoms with van der Waals surface area (Å²) in [6.45, 7) is 5.76. The van der Waals surface area contributed by atoms with Gasteiger partial charge in [0.2, 0.25) is 5.91 Å². The van der Waals surface area contributed by atoms with Crippen LogP contribution in [0.1, 0.15) is 20.3 Å². The van der Waals surface area contributed by atoms with Crippen LogP contribution in [0.25, 0.3) is 0 Å². The fourth-order valence-electron chi connectivity index (χ4n) is 1.15. The van der Waals surface area contributed by atoms with Crippen LogP contribution < -0.4 is 5.32 Å². The number of nitrogens with zero attached hydrogens (tertiary/aromatic N) is 1. The van der Waals surface area contributed by atoms with Gasteiger partial charge in [0, 0.05) is 13.0 Å². The lowest BCUT2D eigenvalue weighted by molar-refractivity contribution is -0.373. The Balaban J connectivity index is 3.33. The van der Waals surface area contributed by atoms with Crippen LogP contribution >= 0.6 is 12.6 Å². The first-order chi connectivity index (χ1) is 8.61. The summed E-state index contributed by atoms with van der Waals surface area (Å²) in [5.41, 5.74) is 0. The molecule has 108 valence electrons. The van der Waals surface area contributed by atoms with Crippen molar-refractivity contribution >= 4 is 18.5 Å². The van der Waals surface area contributed by atoms with E-state index in [0.717, 1.165) is 0 Å². The topological polar surface area (TPSA) is 60.0 Å². The Bertz CT molecular complexity index is 217. The molecule has 0 rings (SSSR count). The third-order valence-electron chi connectivity index (χ3n) is 1.96. The first-order valence-electron chi connectivity index (χ1n) is 6.03. The molecule has 0 aromatic carbocycles. The molecule has 0 aliphatic rings. The van der Waals surface area contributed by atoms with Gasteiger partial charge in [-0.3, -0.25) is 14.5 Å². The molecule has 0 heterocycles. The van der Waals surface area contributed by atoms with E-state index in [1.165, 1.54) is 5.23 Å². The maximum absolute atomic E-state index is 11.1. The molecule has 0 atom stereocenters. The highest BCUT2D eigenvalue weighted by molar-refractivity contribution is 7.80. The molecule has 0 aromatic heterocycles. The minimum absolute atomic E-state index is 0.00443. The number of hydrogen-bond donors (Lipinski definition) is 2. The zero-order valence-corrected chi connectivity index (χ0v) is 12.2. The number of hydrogen-bond acceptors (Lipinski definition) is 6. The van der Waals surface area contributed by atoms with Crippen LogP contribution in [0.2, 0.25) is 0 Å². The predicted molar refractivity (Wildman–Crippen MR) is 72.2 cm³/mol. The second kappa shape index (κ2) is 11.7. The molecule has 0 radical (unpaired) electrons. The fraction of sp³-hybridized carbons (Fsp3) is 0.909. The Morgan fingerprint density at radius 2 is 2.06 bits per heavy atom. The van der Waals surface area contributed by atoms with Crippen molar-refractivity contribution in [2.24, 2.45) is 0 Å². The molecule has 1 N–H and O–H groups in total. The van der Waals surface area contributed by atoms with E-state index in [1.807, 2.05) is 13.8 Å². The van der Waals surface area contributed by atoms with E-state index in [1.54, 1.807) is 7.11 Å². The number of nitrogens with one attached hydrogen (secondary N) is 1. The molecule has 0 spiro atoms. The van der Waals surface area contributed by atoms with Crippen molar-refractivity contribution < 1.29 is 19.2 Å². The fourth-order valence-corrected chi connectivity index (χ4v) is 1.36. The molecule has 0 aromatic rings. The van der Waals surface area contributed by atoms with E-state index < -0.39 is 0 Å². The van der Waals surface area contributed by atoms with Crippen molar-refractivity contribution in [2.45, 2.75) is 26.3 Å². The van der Waals surface area contributed by atoms with Crippen LogP contribution in [0.4, 0.5) is 0 Å². The third-order valence-corrected chi connectivity index (χ3v) is 2.18. The molecule has 6 nitrogen and oxygen atoms in total. The maximum Gasteiger partial charge on any atom is 0.220 e. The molecule has 0 aliphatic heterocycles. The highest BCUT2D eigenvalue weighted by atomic mass is 32.1. The van der Waals surface area contributed by atoms with E-state index in [-0.39, 0.29) is 11.9 Å². The van der Waals surface area contributed by atoms with Crippen LogP contribution in [0.15, 0.2) is 0 Å². The lowest BCUT2D eigenvalue weighted by Crippen LogP contribution is -2.31. The third kappa shape index (κ3) is 9.67. The Morgan fingerprint density at radius 3 is 2.61 bits per heavy atom. The number of thiol groups is 1. The van der Waals surface area contributed by atoms with Gasteiger partial charge >= 0.3 is 0 Å². The summed E-state index contributed by atoms with van der Waals surface area (Å²) in [4.78, 5) is 21.4. The van der Waals surface area contributed by atoms with E-state index in [9.17, 15) is 4.79 Å². The number of carbonyl (C=O) groups is 1. The SMILES string of the molecule is CON(OCCOCCNC(=O)CCS)C(C)C. The molecule has 0 unspecified atom stereocenters. The van der Waals surface area contributed by atoms with Gasteiger partial charge in [-0.2, -0.15) is 12.6 Å². The number of rotatable bonds is 11. The average Bonchev–Trinajstić information content (AvgIpc) is 2.32. The second-order valence-corrected chi connectivity index (χ2v) is 4.28. The molecule has 0 fully saturated rings. The van der Waals surface area contributed by atoms with Gasteiger partial charge < -0.3 is 10.1 Å². The Morgan fingerprint density at radius 1 is 1.33 bits per heavy atom. The lowest BCUT2D eigenvalue weighted by atomic mass is 10.4. The first kappa shape index (κ1) is 17.7. The molecule has 0 saturated carbocycles. The number of carbonyl (C=O) groups excluding carboxylic acids is 1. The van der Waals surface area contributed by atoms with Crippen LogP contribution in [-0.2, 0) is 19.2 Å². The lowest BCUT2D eigenvalue weighted by Gasteiger charge is -2.22. The van der Waals surface area contributed by atoms with Gasteiger partial charge in [0.1, 0.15) is 0 Å². The van der Waals surface area contributed by atoms with Gasteiger partial charge in [0.05, 0.1) is 33.0 Å². The zero-order chi connectivity index (χ0) is 13.8. The molecule has 0 saturated heterocycles. The van der Waals surface area contributed by atoms with Gasteiger partial charge in [0.15, 0.2) is 0 Å². The minimum atomic E-state index is -0.00443. The zero-order valence-electron chi connectivity index (χ0n) is 11.3. The number of hydroxylamine groups is 2. The van der Waals surface area contributed by atoms with Gasteiger partial charge in [-0.05, 0) is 19.6 Å². The van der Waals surface area contributed by atoms with Crippen LogP contribution in [0.3, 0.4) is 0 Å². The van der Waals surface area contributed by atoms with E-state index in [2.05, 4.69) is 17.9 Å². The summed E-state index contributed by atoms with van der Waals surface area (Å²) in [6.07, 6.45) is 0.434. The van der Waals surface area contributed by atoms with Crippen molar-refractivity contribution in [2.75, 3.05) is 39.2 Å². The van der Waals surface area contributed by atoms with Crippen LogP contribution in [-0.4, -0.2) is 56.4 Å². The molecular formula is C11H24N2O4S. The van der Waals surface area contributed by atoms with Crippen LogP contribution in [0.5, 0.6) is 0 Å². The summed E-state index contributed by atoms with van der Waals surface area (Å²) < 4.78 is 5.30. The van der Waals surface area contributed by atoms with E-state index >= 15 is 0 Å². The van der Waals surface area contributed by atoms with Gasteiger partial charge in [-0.25, -0.2) is 0 Å². The summed E-state index contributed by atoms with van der Waals surface area (Å²) in [7, 11) is 1.55. The quantitative estimate of drug-likeness (QED) is 0.330. The van der Waals surface area contributed by atoms with E-state index in [4.69, 9.17) is 14.4 Å². The largest absolute Gasteiger partial charge is 0.377 e. The molecule has 0 aliphatic carbocycles. The molecular weight excluding hydrogens is 256 g/mol. The maximum atomic E-state index is 11.1. The molecule has 1 amide bonds. The molecule has 0 bridgehead atoms. The predicted octanol–water partition coefficient (Wildman–Crippen LogP) is 0.642. The van der Waals surface area contributed by atoms with E-state index in [0.29, 0.717) is 38.5 Å². The summed E-state index contributed by atoms with van der Waals surface area (Å²) in [6, 6.07) is 0.149. The Kier molecular flexibility index (Phi) is 11.5. The first-order valence-corrected chi connectivity index (χ1v) is 6.66. The van der Waals surface area contributed by atoms with Crippen molar-refractivity contribution in [3.05, 3.63) is 0 Å². The molecule has 7 heteroatoms. The van der Waals surface area contributed by atoms with Crippen molar-refractivity contribution in [3.8, 4) is 0 Å². The summed E-state index contributed by atoms with van der Waals surface area (Å²) in [5, 5.41) is 4.14. The Hall–Kier alpha value is -0.340. The number of amides is 1. The summed E-state index contributed by atoms with van der Waals surface area (Å²) >= 11 is 3.97. The minimum Gasteiger partial charge on any atom is -0.377 e. The summed E-state index contributed by atoms with van der Waals surface area (Å²) in [5.74, 6) is 0.554. The molecule has 18 heavy (non-hydrogen) atoms. The van der Waals surface area contributed by atoms with Gasteiger partial charge in [-0.15, -0.1) is 0 Å². The Labute approximate surface area is 114 Å². The smallest absolute Gasteiger partial charge is 0.220 e. The van der Waals surface area contributed by atoms with Crippen LogP contribution in [0, 0.1) is 0 Å². The highest BCUT2D eigenvalue weighted by Gasteiger charge is 2.08. The average molecular weight is 280 g/mol. The second-order valence-electron chi connectivity index (χ2n) is 3.83. The van der Waals surface area contributed by atoms with Crippen molar-refractivity contribution in [1.82, 2.24) is 10.5 Å². The van der Waals surface area contributed by atoms with Gasteiger partial charge in [0.25, 0.3) is 0 Å². The van der Waals surface area contributed by atoms with Gasteiger partial charge in [-0.1, -0.05) is 5.23 Å². The normalized spacial score (nSPS) is 11.2. The number of ether oxygens (including phenoxy) is 1. The monoisotopic (exact) mass is 280 g/mol.